The van der Waals surface area contributed by atoms with Gasteiger partial charge in [0.15, 0.2) is 0 Å². The zero-order valence-corrected chi connectivity index (χ0v) is 12.4. The summed E-state index contributed by atoms with van der Waals surface area (Å²) in [6, 6.07) is 6.69. The number of amides is 2. The van der Waals surface area contributed by atoms with Crippen molar-refractivity contribution in [1.82, 2.24) is 10.3 Å². The zero-order chi connectivity index (χ0) is 14.8. The lowest BCUT2D eigenvalue weighted by Crippen LogP contribution is -2.45. The number of carbonyl (C=O) groups excluding carboxylic acids is 2. The largest absolute Gasteiger partial charge is 0.340 e. The summed E-state index contributed by atoms with van der Waals surface area (Å²) in [5.41, 5.74) is 1.17. The van der Waals surface area contributed by atoms with Crippen LogP contribution in [0.5, 0.6) is 0 Å². The molecule has 1 N–H and O–H groups in total. The van der Waals surface area contributed by atoms with Crippen molar-refractivity contribution in [2.24, 2.45) is 0 Å². The van der Waals surface area contributed by atoms with Crippen LogP contribution < -0.4 is 10.2 Å². The summed E-state index contributed by atoms with van der Waals surface area (Å²) < 4.78 is 0. The van der Waals surface area contributed by atoms with Crippen LogP contribution in [0.3, 0.4) is 0 Å². The molecule has 3 rings (SSSR count). The summed E-state index contributed by atoms with van der Waals surface area (Å²) in [4.78, 5) is 30.9. The molecule has 21 heavy (non-hydrogen) atoms. The Hall–Kier alpha value is -2.21. The Balaban J connectivity index is 2.06. The highest BCUT2D eigenvalue weighted by molar-refractivity contribution is 7.09. The number of para-hydroxylation sites is 1. The van der Waals surface area contributed by atoms with Crippen molar-refractivity contribution in [3.8, 4) is 0 Å². The van der Waals surface area contributed by atoms with E-state index in [1.54, 1.807) is 29.3 Å². The number of rotatable bonds is 3. The molecule has 2 amide bonds. The number of hydrogen-bond acceptors (Lipinski definition) is 4. The van der Waals surface area contributed by atoms with Gasteiger partial charge in [-0.1, -0.05) is 19.1 Å². The molecule has 0 radical (unpaired) electrons. The highest BCUT2D eigenvalue weighted by Crippen LogP contribution is 2.26. The lowest BCUT2D eigenvalue weighted by Gasteiger charge is -2.23. The number of anilines is 1. The van der Waals surface area contributed by atoms with Gasteiger partial charge in [-0.25, -0.2) is 4.98 Å². The number of nitrogens with zero attached hydrogens (tertiary/aromatic N) is 2. The summed E-state index contributed by atoms with van der Waals surface area (Å²) >= 11 is 1.50. The number of carbonyl (C=O) groups is 2. The molecular weight excluding hydrogens is 286 g/mol. The summed E-state index contributed by atoms with van der Waals surface area (Å²) in [5.74, 6) is -0.293. The normalized spacial score (nSPS) is 18.1. The average Bonchev–Trinajstić information content (AvgIpc) is 2.99. The van der Waals surface area contributed by atoms with E-state index in [0.717, 1.165) is 5.01 Å². The second kappa shape index (κ2) is 5.65. The molecule has 0 bridgehead atoms. The first-order chi connectivity index (χ1) is 10.2. The summed E-state index contributed by atoms with van der Waals surface area (Å²) in [7, 11) is 0. The van der Waals surface area contributed by atoms with Crippen LogP contribution in [0.1, 0.15) is 28.7 Å². The van der Waals surface area contributed by atoms with Gasteiger partial charge in [-0.3, -0.25) is 9.59 Å². The van der Waals surface area contributed by atoms with Gasteiger partial charge in [-0.2, -0.15) is 0 Å². The van der Waals surface area contributed by atoms with E-state index >= 15 is 0 Å². The maximum atomic E-state index is 12.7. The fourth-order valence-corrected chi connectivity index (χ4v) is 3.02. The van der Waals surface area contributed by atoms with Crippen molar-refractivity contribution in [2.75, 3.05) is 4.90 Å². The van der Waals surface area contributed by atoms with Gasteiger partial charge in [-0.05, 0) is 18.6 Å². The number of thiazole rings is 1. The molecule has 108 valence electrons. The number of fused-ring (bicyclic) bond motifs is 1. The molecule has 1 aliphatic rings. The number of aromatic nitrogens is 1. The second-order valence-corrected chi connectivity index (χ2v) is 5.78. The van der Waals surface area contributed by atoms with Gasteiger partial charge in [-0.15, -0.1) is 11.3 Å². The van der Waals surface area contributed by atoms with Crippen LogP contribution in [0.15, 0.2) is 35.8 Å². The summed E-state index contributed by atoms with van der Waals surface area (Å²) in [5, 5.41) is 5.53. The molecule has 5 nitrogen and oxygen atoms in total. The van der Waals surface area contributed by atoms with Crippen molar-refractivity contribution in [2.45, 2.75) is 25.9 Å². The van der Waals surface area contributed by atoms with Crippen LogP contribution in [0, 0.1) is 0 Å². The minimum Gasteiger partial charge on any atom is -0.340 e. The van der Waals surface area contributed by atoms with E-state index in [0.29, 0.717) is 24.2 Å². The Morgan fingerprint density at radius 2 is 2.14 bits per heavy atom. The number of hydrogen-bond donors (Lipinski definition) is 1. The van der Waals surface area contributed by atoms with Crippen molar-refractivity contribution >= 4 is 28.8 Å². The molecule has 0 aliphatic carbocycles. The molecule has 1 unspecified atom stereocenters. The lowest BCUT2D eigenvalue weighted by molar-refractivity contribution is -0.120. The number of nitrogens with one attached hydrogen (secondary N) is 1. The molecule has 0 spiro atoms. The van der Waals surface area contributed by atoms with Gasteiger partial charge in [0.05, 0.1) is 17.8 Å². The molecule has 2 heterocycles. The second-order valence-electron chi connectivity index (χ2n) is 4.80. The Morgan fingerprint density at radius 1 is 1.33 bits per heavy atom. The van der Waals surface area contributed by atoms with E-state index in [4.69, 9.17) is 0 Å². The first-order valence-electron chi connectivity index (χ1n) is 6.80. The number of benzene rings is 1. The van der Waals surface area contributed by atoms with Crippen LogP contribution >= 0.6 is 11.3 Å². The first kappa shape index (κ1) is 13.8. The fraction of sp³-hybridized carbons (Fsp3) is 0.267. The Labute approximate surface area is 126 Å². The third-order valence-corrected chi connectivity index (χ3v) is 4.26. The quantitative estimate of drug-likeness (QED) is 0.945. The minimum absolute atomic E-state index is 0.0917. The predicted molar refractivity (Wildman–Crippen MR) is 81.3 cm³/mol. The Morgan fingerprint density at radius 3 is 2.86 bits per heavy atom. The van der Waals surface area contributed by atoms with Gasteiger partial charge >= 0.3 is 0 Å². The van der Waals surface area contributed by atoms with E-state index in [1.807, 2.05) is 18.4 Å². The smallest absolute Gasteiger partial charge is 0.254 e. The van der Waals surface area contributed by atoms with Gasteiger partial charge in [0.2, 0.25) is 5.91 Å². The average molecular weight is 301 g/mol. The Bertz CT molecular complexity index is 669. The minimum atomic E-state index is -0.495. The van der Waals surface area contributed by atoms with Crippen LogP contribution in [-0.2, 0) is 11.3 Å². The van der Waals surface area contributed by atoms with Crippen LogP contribution in [0.2, 0.25) is 0 Å². The van der Waals surface area contributed by atoms with Gasteiger partial charge in [0.1, 0.15) is 11.0 Å². The summed E-state index contributed by atoms with van der Waals surface area (Å²) in [6.07, 6.45) is 2.28. The van der Waals surface area contributed by atoms with Crippen molar-refractivity contribution < 1.29 is 9.59 Å². The molecule has 0 saturated carbocycles. The van der Waals surface area contributed by atoms with E-state index in [1.165, 1.54) is 11.3 Å². The topological polar surface area (TPSA) is 62.3 Å². The molecule has 1 aromatic carbocycles. The lowest BCUT2D eigenvalue weighted by atomic mass is 10.1. The van der Waals surface area contributed by atoms with E-state index in [9.17, 15) is 9.59 Å². The van der Waals surface area contributed by atoms with Crippen molar-refractivity contribution in [1.29, 1.82) is 0 Å². The Kier molecular flexibility index (Phi) is 3.70. The molecule has 1 aromatic heterocycles. The van der Waals surface area contributed by atoms with Gasteiger partial charge < -0.3 is 10.2 Å². The molecule has 0 saturated heterocycles. The highest BCUT2D eigenvalue weighted by Gasteiger charge is 2.32. The SMILES string of the molecule is CCC1NC(=O)c2ccccc2N(Cc2nccs2)C1=O. The van der Waals surface area contributed by atoms with Crippen LogP contribution in [-0.4, -0.2) is 22.8 Å². The molecular formula is C15H15N3O2S. The van der Waals surface area contributed by atoms with Crippen LogP contribution in [0.4, 0.5) is 5.69 Å². The summed E-state index contributed by atoms with van der Waals surface area (Å²) in [6.45, 7) is 2.28. The first-order valence-corrected chi connectivity index (χ1v) is 7.68. The third kappa shape index (κ3) is 2.54. The van der Waals surface area contributed by atoms with Crippen LogP contribution in [0.25, 0.3) is 0 Å². The van der Waals surface area contributed by atoms with E-state index in [2.05, 4.69) is 10.3 Å². The predicted octanol–water partition coefficient (Wildman–Crippen LogP) is 2.20. The van der Waals surface area contributed by atoms with Crippen molar-refractivity contribution in [3.05, 3.63) is 46.4 Å². The molecule has 1 aliphatic heterocycles. The third-order valence-electron chi connectivity index (χ3n) is 3.49. The standard InChI is InChI=1S/C15H15N3O2S/c1-2-11-15(20)18(9-13-16-7-8-21-13)12-6-4-3-5-10(12)14(19)17-11/h3-8,11H,2,9H2,1H3,(H,17,19). The maximum absolute atomic E-state index is 12.7. The molecule has 0 fully saturated rings. The monoisotopic (exact) mass is 301 g/mol. The van der Waals surface area contributed by atoms with Gasteiger partial charge in [0, 0.05) is 11.6 Å². The molecule has 6 heteroatoms. The zero-order valence-electron chi connectivity index (χ0n) is 11.6. The fourth-order valence-electron chi connectivity index (χ4n) is 2.41. The highest BCUT2D eigenvalue weighted by atomic mass is 32.1. The maximum Gasteiger partial charge on any atom is 0.254 e. The van der Waals surface area contributed by atoms with Crippen molar-refractivity contribution in [3.63, 3.8) is 0 Å². The molecule has 2 aromatic rings. The van der Waals surface area contributed by atoms with E-state index in [-0.39, 0.29) is 11.8 Å². The van der Waals surface area contributed by atoms with E-state index < -0.39 is 6.04 Å². The van der Waals surface area contributed by atoms with Gasteiger partial charge in [0.25, 0.3) is 5.91 Å². The molecule has 1 atom stereocenters.